The SMILES string of the molecule is CC(=O)c1nn(CC(=O)N2C3C[C@@]34COCCCCCCCc3ccc(Br)nc3NC(=O)[C@@H]2C4)c2ccc(-c3cnc(C)nc3)cc12. The number of halogens is 1. The third kappa shape index (κ3) is 6.32. The second kappa shape index (κ2) is 12.9. The van der Waals surface area contributed by atoms with Gasteiger partial charge >= 0.3 is 0 Å². The average molecular weight is 701 g/mol. The summed E-state index contributed by atoms with van der Waals surface area (Å²) in [5, 5.41) is 8.34. The number of aryl methyl sites for hydroxylation is 2. The van der Waals surface area contributed by atoms with Gasteiger partial charge in [0.1, 0.15) is 34.5 Å². The van der Waals surface area contributed by atoms with E-state index in [0.717, 1.165) is 61.6 Å². The predicted octanol–water partition coefficient (Wildman–Crippen LogP) is 5.68. The van der Waals surface area contributed by atoms with E-state index >= 15 is 0 Å². The van der Waals surface area contributed by atoms with Crippen molar-refractivity contribution in [1.82, 2.24) is 29.6 Å². The Hall–Kier alpha value is -4.03. The van der Waals surface area contributed by atoms with Crippen molar-refractivity contribution in [2.75, 3.05) is 18.5 Å². The highest BCUT2D eigenvalue weighted by Crippen LogP contribution is 2.60. The number of likely N-dealkylation sites (tertiary alicyclic amines) is 1. The molecule has 1 aliphatic carbocycles. The van der Waals surface area contributed by atoms with Gasteiger partial charge in [-0.1, -0.05) is 31.4 Å². The number of piperidine rings is 1. The largest absolute Gasteiger partial charge is 0.381 e. The number of hydrogen-bond donors (Lipinski definition) is 1. The number of pyridine rings is 1. The number of fused-ring (bicyclic) bond motifs is 3. The van der Waals surface area contributed by atoms with Crippen LogP contribution in [0.3, 0.4) is 0 Å². The van der Waals surface area contributed by atoms with E-state index < -0.39 is 6.04 Å². The van der Waals surface area contributed by atoms with Crippen molar-refractivity contribution in [2.24, 2.45) is 5.41 Å². The molecule has 1 saturated heterocycles. The second-order valence-electron chi connectivity index (χ2n) is 13.1. The number of carbonyl (C=O) groups excluding carboxylic acids is 3. The van der Waals surface area contributed by atoms with E-state index in [2.05, 4.69) is 41.3 Å². The zero-order chi connectivity index (χ0) is 32.7. The maximum Gasteiger partial charge on any atom is 0.248 e. The van der Waals surface area contributed by atoms with Crippen LogP contribution in [0.4, 0.5) is 5.82 Å². The first-order chi connectivity index (χ1) is 22.7. The molecule has 3 aliphatic rings. The van der Waals surface area contributed by atoms with Crippen LogP contribution in [0, 0.1) is 12.3 Å². The van der Waals surface area contributed by atoms with Crippen LogP contribution in [0.2, 0.25) is 0 Å². The van der Waals surface area contributed by atoms with E-state index in [1.165, 1.54) is 6.92 Å². The van der Waals surface area contributed by atoms with Gasteiger partial charge in [-0.2, -0.15) is 5.10 Å². The second-order valence-corrected chi connectivity index (χ2v) is 13.9. The van der Waals surface area contributed by atoms with Crippen molar-refractivity contribution in [3.8, 4) is 11.1 Å². The maximum absolute atomic E-state index is 14.2. The molecule has 12 heteroatoms. The molecule has 1 aromatic carbocycles. The van der Waals surface area contributed by atoms with Gasteiger partial charge in [0.2, 0.25) is 11.8 Å². The number of benzene rings is 1. The molecule has 2 bridgehead atoms. The van der Waals surface area contributed by atoms with E-state index in [1.54, 1.807) is 22.0 Å². The normalized spacial score (nSPS) is 23.2. The molecule has 7 rings (SSSR count). The molecule has 1 unspecified atom stereocenters. The molecule has 5 heterocycles. The Morgan fingerprint density at radius 2 is 1.83 bits per heavy atom. The summed E-state index contributed by atoms with van der Waals surface area (Å²) in [6.07, 6.45) is 11.0. The Morgan fingerprint density at radius 3 is 2.64 bits per heavy atom. The van der Waals surface area contributed by atoms with E-state index in [0.29, 0.717) is 46.8 Å². The minimum Gasteiger partial charge on any atom is -0.381 e. The summed E-state index contributed by atoms with van der Waals surface area (Å²) >= 11 is 3.46. The summed E-state index contributed by atoms with van der Waals surface area (Å²) in [6.45, 7) is 4.40. The topological polar surface area (TPSA) is 132 Å². The number of rotatable bonds is 4. The van der Waals surface area contributed by atoms with Crippen molar-refractivity contribution in [1.29, 1.82) is 0 Å². The lowest BCUT2D eigenvalue weighted by Gasteiger charge is -2.27. The van der Waals surface area contributed by atoms with Crippen LogP contribution < -0.4 is 5.32 Å². The van der Waals surface area contributed by atoms with Gasteiger partial charge in [-0.25, -0.2) is 15.0 Å². The average Bonchev–Trinajstić information content (AvgIpc) is 3.46. The number of aromatic nitrogens is 5. The summed E-state index contributed by atoms with van der Waals surface area (Å²) in [5.41, 5.74) is 3.37. The van der Waals surface area contributed by atoms with Gasteiger partial charge in [0, 0.05) is 48.3 Å². The Morgan fingerprint density at radius 1 is 1.04 bits per heavy atom. The van der Waals surface area contributed by atoms with Crippen molar-refractivity contribution < 1.29 is 19.1 Å². The van der Waals surface area contributed by atoms with Crippen LogP contribution in [-0.4, -0.2) is 72.5 Å². The molecule has 244 valence electrons. The highest BCUT2D eigenvalue weighted by Gasteiger charge is 2.67. The number of amides is 2. The molecule has 2 amide bonds. The van der Waals surface area contributed by atoms with Crippen molar-refractivity contribution in [2.45, 2.75) is 83.8 Å². The lowest BCUT2D eigenvalue weighted by Crippen LogP contribution is -2.47. The zero-order valence-electron chi connectivity index (χ0n) is 26.7. The van der Waals surface area contributed by atoms with Crippen LogP contribution >= 0.6 is 15.9 Å². The summed E-state index contributed by atoms with van der Waals surface area (Å²) < 4.78 is 8.38. The van der Waals surface area contributed by atoms with Crippen molar-refractivity contribution in [3.63, 3.8) is 0 Å². The number of hydrogen-bond acceptors (Lipinski definition) is 8. The molecule has 1 saturated carbocycles. The summed E-state index contributed by atoms with van der Waals surface area (Å²) in [7, 11) is 0. The van der Waals surface area contributed by atoms with E-state index in [4.69, 9.17) is 4.74 Å². The number of Topliss-reactive ketones (excluding diaryl/α,β-unsaturated/α-hetero) is 1. The number of carbonyl (C=O) groups is 3. The van der Waals surface area contributed by atoms with Gasteiger partial charge < -0.3 is 15.0 Å². The molecule has 1 N–H and O–H groups in total. The maximum atomic E-state index is 14.2. The van der Waals surface area contributed by atoms with Crippen molar-refractivity contribution in [3.05, 3.63) is 64.4 Å². The van der Waals surface area contributed by atoms with Gasteiger partial charge in [-0.3, -0.25) is 19.1 Å². The first-order valence-corrected chi connectivity index (χ1v) is 17.2. The van der Waals surface area contributed by atoms with Gasteiger partial charge in [-0.15, -0.1) is 0 Å². The molecule has 1 spiro atoms. The molecule has 4 aromatic rings. The van der Waals surface area contributed by atoms with Crippen LogP contribution in [0.1, 0.15) is 73.7 Å². The van der Waals surface area contributed by atoms with E-state index in [1.807, 2.05) is 37.3 Å². The molecule has 47 heavy (non-hydrogen) atoms. The molecule has 3 aromatic heterocycles. The fourth-order valence-electron chi connectivity index (χ4n) is 7.21. The molecule has 3 atom stereocenters. The standard InChI is InChI=1S/C35H38BrN7O4/c1-21(44)32-26-14-24(25-17-37-22(2)38-18-25)9-11-27(26)42(41-32)19-31(45)43-28-15-35(16-29(35)43)20-47-13-7-5-3-4-6-8-23-10-12-30(36)39-33(23)40-34(28)46/h9-12,14,17-18,28-29H,3-8,13,15-16,19-20H2,1-2H3,(H,39,40,46)/t28-,29?,35-/m0/s1. The Bertz CT molecular complexity index is 1860. The van der Waals surface area contributed by atoms with Gasteiger partial charge in [0.25, 0.3) is 0 Å². The molecular formula is C35H38BrN7O4. The van der Waals surface area contributed by atoms with Crippen LogP contribution in [0.5, 0.6) is 0 Å². The van der Waals surface area contributed by atoms with Crippen LogP contribution in [-0.2, 0) is 27.3 Å². The third-order valence-electron chi connectivity index (χ3n) is 9.80. The predicted molar refractivity (Wildman–Crippen MR) is 180 cm³/mol. The fourth-order valence-corrected chi connectivity index (χ4v) is 7.52. The zero-order valence-corrected chi connectivity index (χ0v) is 28.3. The lowest BCUT2D eigenvalue weighted by molar-refractivity contribution is -0.138. The minimum atomic E-state index is -0.673. The number of anilines is 1. The first-order valence-electron chi connectivity index (χ1n) is 16.4. The monoisotopic (exact) mass is 699 g/mol. The van der Waals surface area contributed by atoms with Crippen LogP contribution in [0.15, 0.2) is 47.3 Å². The third-order valence-corrected chi connectivity index (χ3v) is 10.2. The quantitative estimate of drug-likeness (QED) is 0.213. The summed E-state index contributed by atoms with van der Waals surface area (Å²) in [5.74, 6) is 0.544. The fraction of sp³-hybridized carbons (Fsp3) is 0.457. The Kier molecular flexibility index (Phi) is 8.65. The molecule has 2 fully saturated rings. The Labute approximate surface area is 281 Å². The van der Waals surface area contributed by atoms with E-state index in [9.17, 15) is 14.4 Å². The number of nitrogens with one attached hydrogen (secondary N) is 1. The van der Waals surface area contributed by atoms with Gasteiger partial charge in [0.15, 0.2) is 5.78 Å². The molecule has 0 radical (unpaired) electrons. The smallest absolute Gasteiger partial charge is 0.248 e. The minimum absolute atomic E-state index is 0.0985. The molecule has 11 nitrogen and oxygen atoms in total. The van der Waals surface area contributed by atoms with E-state index in [-0.39, 0.29) is 41.3 Å². The van der Waals surface area contributed by atoms with Gasteiger partial charge in [-0.05, 0) is 84.3 Å². The number of nitrogens with zero attached hydrogens (tertiary/aromatic N) is 6. The molecular weight excluding hydrogens is 662 g/mol. The van der Waals surface area contributed by atoms with Crippen LogP contribution in [0.25, 0.3) is 22.0 Å². The number of ether oxygens (including phenoxy) is 1. The van der Waals surface area contributed by atoms with Gasteiger partial charge in [0.05, 0.1) is 12.1 Å². The molecule has 2 aliphatic heterocycles. The first kappa shape index (κ1) is 31.6. The lowest BCUT2D eigenvalue weighted by atomic mass is 9.99. The summed E-state index contributed by atoms with van der Waals surface area (Å²) in [6, 6.07) is 8.81. The number of ketones is 1. The highest BCUT2D eigenvalue weighted by molar-refractivity contribution is 9.10. The summed E-state index contributed by atoms with van der Waals surface area (Å²) in [4.78, 5) is 55.9. The highest BCUT2D eigenvalue weighted by atomic mass is 79.9. The Balaban J connectivity index is 1.19. The van der Waals surface area contributed by atoms with Crippen molar-refractivity contribution >= 4 is 50.2 Å².